The van der Waals surface area contributed by atoms with Gasteiger partial charge in [0.2, 0.25) is 0 Å². The lowest BCUT2D eigenvalue weighted by molar-refractivity contribution is 0.0535. The third-order valence-electron chi connectivity index (χ3n) is 3.93. The van der Waals surface area contributed by atoms with Crippen LogP contribution in [-0.2, 0) is 4.74 Å². The number of ether oxygens (including phenoxy) is 1. The number of carbonyl (C=O) groups excluding carboxylic acids is 1. The molecule has 22 heavy (non-hydrogen) atoms. The van der Waals surface area contributed by atoms with Gasteiger partial charge in [-0.25, -0.2) is 0 Å². The van der Waals surface area contributed by atoms with E-state index in [2.05, 4.69) is 4.98 Å². The SMILES string of the molecule is Cc1cc(C(=O)N2CCOC[C@@H](O)C2)c2cccc(C)c2n1. The van der Waals surface area contributed by atoms with Gasteiger partial charge in [-0.3, -0.25) is 9.78 Å². The summed E-state index contributed by atoms with van der Waals surface area (Å²) in [7, 11) is 0. The van der Waals surface area contributed by atoms with E-state index in [0.717, 1.165) is 22.2 Å². The van der Waals surface area contributed by atoms with E-state index in [0.29, 0.717) is 25.3 Å². The maximum absolute atomic E-state index is 12.9. The third-order valence-corrected chi connectivity index (χ3v) is 3.93. The molecule has 0 unspecified atom stereocenters. The van der Waals surface area contributed by atoms with E-state index in [-0.39, 0.29) is 12.5 Å². The Morgan fingerprint density at radius 2 is 2.23 bits per heavy atom. The van der Waals surface area contributed by atoms with E-state index in [1.165, 1.54) is 0 Å². The van der Waals surface area contributed by atoms with Crippen molar-refractivity contribution < 1.29 is 14.6 Å². The van der Waals surface area contributed by atoms with Gasteiger partial charge in [-0.15, -0.1) is 0 Å². The van der Waals surface area contributed by atoms with Crippen molar-refractivity contribution in [3.63, 3.8) is 0 Å². The van der Waals surface area contributed by atoms with Gasteiger partial charge in [-0.2, -0.15) is 0 Å². The van der Waals surface area contributed by atoms with E-state index in [1.54, 1.807) is 4.90 Å². The molecule has 0 bridgehead atoms. The van der Waals surface area contributed by atoms with Gasteiger partial charge in [0.1, 0.15) is 0 Å². The van der Waals surface area contributed by atoms with Crippen LogP contribution in [0, 0.1) is 13.8 Å². The van der Waals surface area contributed by atoms with Crippen molar-refractivity contribution in [2.75, 3.05) is 26.3 Å². The van der Waals surface area contributed by atoms with Gasteiger partial charge in [-0.05, 0) is 25.5 Å². The number of nitrogens with zero attached hydrogens (tertiary/aromatic N) is 2. The number of rotatable bonds is 1. The van der Waals surface area contributed by atoms with Crippen LogP contribution in [0.1, 0.15) is 21.6 Å². The quantitative estimate of drug-likeness (QED) is 0.870. The highest BCUT2D eigenvalue weighted by atomic mass is 16.5. The molecule has 2 aromatic rings. The first-order valence-corrected chi connectivity index (χ1v) is 7.48. The number of aliphatic hydroxyl groups excluding tert-OH is 1. The molecule has 5 heteroatoms. The largest absolute Gasteiger partial charge is 0.389 e. The Balaban J connectivity index is 2.05. The van der Waals surface area contributed by atoms with Crippen LogP contribution in [0.2, 0.25) is 0 Å². The number of aliphatic hydroxyl groups is 1. The highest BCUT2D eigenvalue weighted by Crippen LogP contribution is 2.23. The smallest absolute Gasteiger partial charge is 0.254 e. The number of fused-ring (bicyclic) bond motifs is 1. The number of amides is 1. The summed E-state index contributed by atoms with van der Waals surface area (Å²) in [6.07, 6.45) is -0.637. The second-order valence-electron chi connectivity index (χ2n) is 5.76. The molecule has 1 aliphatic heterocycles. The predicted molar refractivity (Wildman–Crippen MR) is 83.9 cm³/mol. The van der Waals surface area contributed by atoms with Crippen molar-refractivity contribution in [1.29, 1.82) is 0 Å². The molecule has 0 radical (unpaired) electrons. The fraction of sp³-hybridized carbons (Fsp3) is 0.412. The topological polar surface area (TPSA) is 62.7 Å². The van der Waals surface area contributed by atoms with Crippen LogP contribution in [0.25, 0.3) is 10.9 Å². The van der Waals surface area contributed by atoms with Crippen molar-refractivity contribution in [2.24, 2.45) is 0 Å². The minimum Gasteiger partial charge on any atom is -0.389 e. The van der Waals surface area contributed by atoms with Crippen LogP contribution < -0.4 is 0 Å². The maximum atomic E-state index is 12.9. The number of benzene rings is 1. The van der Waals surface area contributed by atoms with Crippen LogP contribution in [0.15, 0.2) is 24.3 Å². The first-order valence-electron chi connectivity index (χ1n) is 7.48. The lowest BCUT2D eigenvalue weighted by Crippen LogP contribution is -2.37. The zero-order valence-electron chi connectivity index (χ0n) is 12.9. The molecule has 0 aliphatic carbocycles. The van der Waals surface area contributed by atoms with Crippen molar-refractivity contribution in [3.05, 3.63) is 41.1 Å². The second kappa shape index (κ2) is 6.02. The van der Waals surface area contributed by atoms with Crippen molar-refractivity contribution in [1.82, 2.24) is 9.88 Å². The molecule has 0 spiro atoms. The first-order chi connectivity index (χ1) is 10.6. The molecule has 1 saturated heterocycles. The monoisotopic (exact) mass is 300 g/mol. The minimum atomic E-state index is -0.637. The number of para-hydroxylation sites is 1. The Hall–Kier alpha value is -1.98. The number of β-amino-alcohol motifs (C(OH)–C–C–N with tert-alkyl or cyclic N) is 1. The molecular weight excluding hydrogens is 280 g/mol. The van der Waals surface area contributed by atoms with Crippen molar-refractivity contribution in [3.8, 4) is 0 Å². The van der Waals surface area contributed by atoms with Crippen LogP contribution >= 0.6 is 0 Å². The molecule has 1 amide bonds. The summed E-state index contributed by atoms with van der Waals surface area (Å²) in [6, 6.07) is 7.67. The Kier molecular flexibility index (Phi) is 4.09. The number of aryl methyl sites for hydroxylation is 2. The molecule has 3 rings (SSSR count). The second-order valence-corrected chi connectivity index (χ2v) is 5.76. The highest BCUT2D eigenvalue weighted by molar-refractivity contribution is 6.06. The van der Waals surface area contributed by atoms with E-state index >= 15 is 0 Å². The number of hydrogen-bond acceptors (Lipinski definition) is 4. The van der Waals surface area contributed by atoms with Crippen LogP contribution in [0.3, 0.4) is 0 Å². The van der Waals surface area contributed by atoms with Crippen LogP contribution in [0.5, 0.6) is 0 Å². The molecule has 0 saturated carbocycles. The summed E-state index contributed by atoms with van der Waals surface area (Å²) in [6.45, 7) is 5.40. The number of aromatic nitrogens is 1. The Morgan fingerprint density at radius 1 is 1.41 bits per heavy atom. The lowest BCUT2D eigenvalue weighted by atomic mass is 10.0. The summed E-state index contributed by atoms with van der Waals surface area (Å²) in [4.78, 5) is 19.1. The van der Waals surface area contributed by atoms with Gasteiger partial charge in [0, 0.05) is 24.2 Å². The standard InChI is InChI=1S/C17H20N2O3/c1-11-4-3-5-14-15(8-12(2)18-16(11)14)17(21)19-6-7-22-10-13(20)9-19/h3-5,8,13,20H,6-7,9-10H2,1-2H3/t13-/m0/s1. The van der Waals surface area contributed by atoms with Gasteiger partial charge in [0.25, 0.3) is 5.91 Å². The van der Waals surface area contributed by atoms with Crippen LogP contribution in [-0.4, -0.2) is 53.3 Å². The summed E-state index contributed by atoms with van der Waals surface area (Å²) >= 11 is 0. The molecule has 1 atom stereocenters. The molecule has 1 aliphatic rings. The molecule has 1 aromatic carbocycles. The van der Waals surface area contributed by atoms with Gasteiger partial charge >= 0.3 is 0 Å². The molecule has 1 N–H and O–H groups in total. The van der Waals surface area contributed by atoms with Crippen LogP contribution in [0.4, 0.5) is 0 Å². The zero-order valence-corrected chi connectivity index (χ0v) is 12.9. The van der Waals surface area contributed by atoms with E-state index in [9.17, 15) is 9.90 Å². The van der Waals surface area contributed by atoms with Crippen molar-refractivity contribution >= 4 is 16.8 Å². The van der Waals surface area contributed by atoms with Gasteiger partial charge in [0.15, 0.2) is 0 Å². The number of hydrogen-bond donors (Lipinski definition) is 1. The Morgan fingerprint density at radius 3 is 3.05 bits per heavy atom. The fourth-order valence-corrected chi connectivity index (χ4v) is 2.84. The molecule has 2 heterocycles. The first kappa shape index (κ1) is 14.9. The predicted octanol–water partition coefficient (Wildman–Crippen LogP) is 1.68. The minimum absolute atomic E-state index is 0.0781. The number of pyridine rings is 1. The molecule has 1 fully saturated rings. The highest BCUT2D eigenvalue weighted by Gasteiger charge is 2.24. The summed E-state index contributed by atoms with van der Waals surface area (Å²) in [5, 5.41) is 10.7. The summed E-state index contributed by atoms with van der Waals surface area (Å²) in [5.74, 6) is -0.0781. The van der Waals surface area contributed by atoms with E-state index in [4.69, 9.17) is 4.74 Å². The van der Waals surface area contributed by atoms with E-state index in [1.807, 2.05) is 38.1 Å². The zero-order chi connectivity index (χ0) is 15.7. The normalized spacial score (nSPS) is 19.2. The molecule has 5 nitrogen and oxygen atoms in total. The van der Waals surface area contributed by atoms with Gasteiger partial charge < -0.3 is 14.7 Å². The summed E-state index contributed by atoms with van der Waals surface area (Å²) in [5.41, 5.74) is 3.36. The average molecular weight is 300 g/mol. The molecular formula is C17H20N2O3. The molecule has 116 valence electrons. The third kappa shape index (κ3) is 2.82. The molecule has 1 aromatic heterocycles. The maximum Gasteiger partial charge on any atom is 0.254 e. The van der Waals surface area contributed by atoms with Gasteiger partial charge in [0.05, 0.1) is 30.4 Å². The average Bonchev–Trinajstić information content (AvgIpc) is 2.71. The lowest BCUT2D eigenvalue weighted by Gasteiger charge is -2.22. The Labute approximate surface area is 129 Å². The van der Waals surface area contributed by atoms with E-state index < -0.39 is 6.10 Å². The fourth-order valence-electron chi connectivity index (χ4n) is 2.84. The van der Waals surface area contributed by atoms with Crippen molar-refractivity contribution in [2.45, 2.75) is 20.0 Å². The van der Waals surface area contributed by atoms with Gasteiger partial charge in [-0.1, -0.05) is 18.2 Å². The Bertz CT molecular complexity index is 714. The number of carbonyl (C=O) groups is 1. The summed E-state index contributed by atoms with van der Waals surface area (Å²) < 4.78 is 5.30.